The van der Waals surface area contributed by atoms with Gasteiger partial charge in [0.2, 0.25) is 0 Å². The molecule has 1 fully saturated rings. The molecular weight excluding hydrogens is 238 g/mol. The molecular formula is C15H25N3O. The van der Waals surface area contributed by atoms with E-state index in [1.54, 1.807) is 0 Å². The van der Waals surface area contributed by atoms with Gasteiger partial charge in [0.05, 0.1) is 6.61 Å². The molecule has 1 aliphatic rings. The van der Waals surface area contributed by atoms with Crippen LogP contribution in [0, 0.1) is 12.8 Å². The standard InChI is InChI=1S/C15H25N3O/c1-11(2)5-4-8-19-15-17-10-13(12(3)18-15)9-16-14-6-7-14/h10-11,14,16H,4-9H2,1-3H3. The fourth-order valence-corrected chi connectivity index (χ4v) is 1.91. The lowest BCUT2D eigenvalue weighted by molar-refractivity contribution is 0.275. The van der Waals surface area contributed by atoms with Crippen molar-refractivity contribution in [3.63, 3.8) is 0 Å². The van der Waals surface area contributed by atoms with Gasteiger partial charge in [-0.25, -0.2) is 9.97 Å². The van der Waals surface area contributed by atoms with Crippen molar-refractivity contribution in [3.05, 3.63) is 17.5 Å². The summed E-state index contributed by atoms with van der Waals surface area (Å²) in [6.07, 6.45) is 6.73. The highest BCUT2D eigenvalue weighted by atomic mass is 16.5. The van der Waals surface area contributed by atoms with E-state index < -0.39 is 0 Å². The van der Waals surface area contributed by atoms with Crippen molar-refractivity contribution in [1.29, 1.82) is 0 Å². The van der Waals surface area contributed by atoms with Crippen molar-refractivity contribution < 1.29 is 4.74 Å². The number of ether oxygens (including phenoxy) is 1. The highest BCUT2D eigenvalue weighted by molar-refractivity contribution is 5.17. The van der Waals surface area contributed by atoms with E-state index in [1.807, 2.05) is 13.1 Å². The lowest BCUT2D eigenvalue weighted by Crippen LogP contribution is -2.17. The summed E-state index contributed by atoms with van der Waals surface area (Å²) in [5.41, 5.74) is 2.18. The number of hydrogen-bond donors (Lipinski definition) is 1. The average Bonchev–Trinajstić information content (AvgIpc) is 3.17. The van der Waals surface area contributed by atoms with Crippen molar-refractivity contribution >= 4 is 0 Å². The van der Waals surface area contributed by atoms with E-state index in [2.05, 4.69) is 29.1 Å². The molecule has 0 saturated heterocycles. The first-order chi connectivity index (χ1) is 9.15. The maximum absolute atomic E-state index is 5.59. The number of nitrogens with zero attached hydrogens (tertiary/aromatic N) is 2. The van der Waals surface area contributed by atoms with E-state index in [-0.39, 0.29) is 0 Å². The maximum atomic E-state index is 5.59. The molecule has 4 nitrogen and oxygen atoms in total. The van der Waals surface area contributed by atoms with E-state index in [9.17, 15) is 0 Å². The lowest BCUT2D eigenvalue weighted by atomic mass is 10.1. The summed E-state index contributed by atoms with van der Waals surface area (Å²) < 4.78 is 5.59. The summed E-state index contributed by atoms with van der Waals surface area (Å²) in [6, 6.07) is 1.22. The monoisotopic (exact) mass is 263 g/mol. The zero-order chi connectivity index (χ0) is 13.7. The van der Waals surface area contributed by atoms with E-state index >= 15 is 0 Å². The summed E-state index contributed by atoms with van der Waals surface area (Å²) in [7, 11) is 0. The molecule has 0 aliphatic heterocycles. The Kier molecular flexibility index (Phi) is 5.14. The predicted octanol–water partition coefficient (Wildman–Crippen LogP) is 2.85. The van der Waals surface area contributed by atoms with Crippen molar-refractivity contribution in [2.24, 2.45) is 5.92 Å². The van der Waals surface area contributed by atoms with Gasteiger partial charge >= 0.3 is 6.01 Å². The molecule has 2 rings (SSSR count). The Morgan fingerprint density at radius 2 is 2.21 bits per heavy atom. The van der Waals surface area contributed by atoms with Crippen LogP contribution in [0.5, 0.6) is 6.01 Å². The second kappa shape index (κ2) is 6.85. The molecule has 0 amide bonds. The van der Waals surface area contributed by atoms with Gasteiger partial charge in [0.25, 0.3) is 0 Å². The molecule has 4 heteroatoms. The molecule has 1 aromatic rings. The Morgan fingerprint density at radius 3 is 2.84 bits per heavy atom. The van der Waals surface area contributed by atoms with Gasteiger partial charge in [-0.3, -0.25) is 0 Å². The zero-order valence-electron chi connectivity index (χ0n) is 12.3. The van der Waals surface area contributed by atoms with Crippen molar-refractivity contribution in [1.82, 2.24) is 15.3 Å². The van der Waals surface area contributed by atoms with Crippen LogP contribution >= 0.6 is 0 Å². The highest BCUT2D eigenvalue weighted by Crippen LogP contribution is 2.19. The maximum Gasteiger partial charge on any atom is 0.316 e. The summed E-state index contributed by atoms with van der Waals surface area (Å²) in [4.78, 5) is 8.70. The van der Waals surface area contributed by atoms with Gasteiger partial charge < -0.3 is 10.1 Å². The number of aromatic nitrogens is 2. The molecule has 106 valence electrons. The van der Waals surface area contributed by atoms with Crippen LogP contribution in [-0.2, 0) is 6.54 Å². The van der Waals surface area contributed by atoms with Gasteiger partial charge in [0.15, 0.2) is 0 Å². The number of nitrogens with one attached hydrogen (secondary N) is 1. The first kappa shape index (κ1) is 14.3. The second-order valence-electron chi connectivity index (χ2n) is 5.80. The quantitative estimate of drug-likeness (QED) is 0.733. The molecule has 0 spiro atoms. The summed E-state index contributed by atoms with van der Waals surface area (Å²) in [5, 5.41) is 3.48. The number of rotatable bonds is 8. The van der Waals surface area contributed by atoms with Crippen LogP contribution in [0.15, 0.2) is 6.20 Å². The zero-order valence-corrected chi connectivity index (χ0v) is 12.3. The topological polar surface area (TPSA) is 47.0 Å². The molecule has 0 aromatic carbocycles. The number of aryl methyl sites for hydroxylation is 1. The Balaban J connectivity index is 1.76. The highest BCUT2D eigenvalue weighted by Gasteiger charge is 2.20. The third-order valence-corrected chi connectivity index (χ3v) is 3.37. The minimum atomic E-state index is 0.511. The molecule has 1 aliphatic carbocycles. The van der Waals surface area contributed by atoms with Gasteiger partial charge in [-0.15, -0.1) is 0 Å². The van der Waals surface area contributed by atoms with Crippen LogP contribution in [0.3, 0.4) is 0 Å². The van der Waals surface area contributed by atoms with Crippen LogP contribution in [0.4, 0.5) is 0 Å². The molecule has 1 N–H and O–H groups in total. The van der Waals surface area contributed by atoms with Crippen LogP contribution in [0.1, 0.15) is 50.8 Å². The average molecular weight is 263 g/mol. The lowest BCUT2D eigenvalue weighted by Gasteiger charge is -2.09. The van der Waals surface area contributed by atoms with E-state index in [1.165, 1.54) is 24.8 Å². The Hall–Kier alpha value is -1.16. The smallest absolute Gasteiger partial charge is 0.316 e. The largest absolute Gasteiger partial charge is 0.463 e. The van der Waals surface area contributed by atoms with E-state index in [0.717, 1.165) is 24.6 Å². The molecule has 0 atom stereocenters. The van der Waals surface area contributed by atoms with E-state index in [4.69, 9.17) is 4.74 Å². The van der Waals surface area contributed by atoms with Gasteiger partial charge in [0, 0.05) is 30.0 Å². The summed E-state index contributed by atoms with van der Waals surface area (Å²) in [5.74, 6) is 0.724. The van der Waals surface area contributed by atoms with Crippen LogP contribution in [0.2, 0.25) is 0 Å². The van der Waals surface area contributed by atoms with Crippen molar-refractivity contribution in [3.8, 4) is 6.01 Å². The third-order valence-electron chi connectivity index (χ3n) is 3.37. The molecule has 0 bridgehead atoms. The second-order valence-corrected chi connectivity index (χ2v) is 5.80. The molecule has 1 saturated carbocycles. The normalized spacial score (nSPS) is 14.9. The number of hydrogen-bond acceptors (Lipinski definition) is 4. The van der Waals surface area contributed by atoms with Crippen LogP contribution in [0.25, 0.3) is 0 Å². The molecule has 0 radical (unpaired) electrons. The molecule has 0 unspecified atom stereocenters. The molecule has 19 heavy (non-hydrogen) atoms. The van der Waals surface area contributed by atoms with Gasteiger partial charge in [-0.2, -0.15) is 0 Å². The summed E-state index contributed by atoms with van der Waals surface area (Å²) in [6.45, 7) is 8.04. The van der Waals surface area contributed by atoms with Crippen molar-refractivity contribution in [2.45, 2.75) is 59.0 Å². The molecule has 1 aromatic heterocycles. The van der Waals surface area contributed by atoms with E-state index in [0.29, 0.717) is 18.7 Å². The van der Waals surface area contributed by atoms with Gasteiger partial charge in [-0.1, -0.05) is 13.8 Å². The predicted molar refractivity (Wildman–Crippen MR) is 76.2 cm³/mol. The Bertz CT molecular complexity index is 402. The SMILES string of the molecule is Cc1nc(OCCCC(C)C)ncc1CNC1CC1. The Morgan fingerprint density at radius 1 is 1.42 bits per heavy atom. The first-order valence-corrected chi connectivity index (χ1v) is 7.34. The van der Waals surface area contributed by atoms with Gasteiger partial charge in [-0.05, 0) is 38.5 Å². The minimum absolute atomic E-state index is 0.511. The fraction of sp³-hybridized carbons (Fsp3) is 0.733. The Labute approximate surface area is 116 Å². The van der Waals surface area contributed by atoms with Crippen LogP contribution < -0.4 is 10.1 Å². The first-order valence-electron chi connectivity index (χ1n) is 7.34. The van der Waals surface area contributed by atoms with Crippen molar-refractivity contribution in [2.75, 3.05) is 6.61 Å². The third kappa shape index (κ3) is 5.15. The fourth-order valence-electron chi connectivity index (χ4n) is 1.91. The molecule has 1 heterocycles. The van der Waals surface area contributed by atoms with Gasteiger partial charge in [0.1, 0.15) is 0 Å². The minimum Gasteiger partial charge on any atom is -0.463 e. The summed E-state index contributed by atoms with van der Waals surface area (Å²) >= 11 is 0. The van der Waals surface area contributed by atoms with Crippen LogP contribution in [-0.4, -0.2) is 22.6 Å².